The van der Waals surface area contributed by atoms with E-state index in [9.17, 15) is 0 Å². The van der Waals surface area contributed by atoms with E-state index < -0.39 is 0 Å². The van der Waals surface area contributed by atoms with Gasteiger partial charge < -0.3 is 9.64 Å². The molecule has 0 aromatic heterocycles. The van der Waals surface area contributed by atoms with Gasteiger partial charge in [0.05, 0.1) is 12.2 Å². The van der Waals surface area contributed by atoms with Crippen molar-refractivity contribution < 1.29 is 4.74 Å². The van der Waals surface area contributed by atoms with Crippen LogP contribution in [0.4, 0.5) is 0 Å². The molecule has 2 fully saturated rings. The Kier molecular flexibility index (Phi) is 0.866. The van der Waals surface area contributed by atoms with Crippen molar-refractivity contribution in [1.82, 2.24) is 4.90 Å². The number of ether oxygens (including phenoxy) is 1. The van der Waals surface area contributed by atoms with E-state index in [0.717, 1.165) is 6.54 Å². The number of fused-ring (bicyclic) bond motifs is 1. The van der Waals surface area contributed by atoms with Gasteiger partial charge >= 0.3 is 0 Å². The molecule has 2 aliphatic heterocycles. The second-order valence-corrected chi connectivity index (χ2v) is 2.76. The molecule has 2 aliphatic rings. The number of hydrogen-bond acceptors (Lipinski definition) is 2. The lowest BCUT2D eigenvalue weighted by Crippen LogP contribution is -2.30. The van der Waals surface area contributed by atoms with E-state index in [4.69, 9.17) is 4.74 Å². The van der Waals surface area contributed by atoms with E-state index in [2.05, 4.69) is 11.9 Å². The number of likely N-dealkylation sites (N-methyl/N-ethyl adjacent to an activating group) is 1. The van der Waals surface area contributed by atoms with Gasteiger partial charge in [-0.3, -0.25) is 0 Å². The summed E-state index contributed by atoms with van der Waals surface area (Å²) < 4.78 is 5.31. The second-order valence-electron chi connectivity index (χ2n) is 2.76. The van der Waals surface area contributed by atoms with Crippen LogP contribution in [0, 0.1) is 0 Å². The summed E-state index contributed by atoms with van der Waals surface area (Å²) >= 11 is 0. The van der Waals surface area contributed by atoms with Gasteiger partial charge in [0, 0.05) is 13.1 Å². The summed E-state index contributed by atoms with van der Waals surface area (Å²) in [5, 5.41) is 0. The highest BCUT2D eigenvalue weighted by atomic mass is 16.6. The first kappa shape index (κ1) is 4.77. The molecule has 2 saturated heterocycles. The Balaban J connectivity index is 1.93. The minimum atomic E-state index is 0.605. The van der Waals surface area contributed by atoms with Crippen LogP contribution in [0.15, 0.2) is 0 Å². The maximum atomic E-state index is 5.31. The van der Waals surface area contributed by atoms with E-state index in [1.165, 1.54) is 13.0 Å². The van der Waals surface area contributed by atoms with Gasteiger partial charge in [-0.2, -0.15) is 0 Å². The van der Waals surface area contributed by atoms with Gasteiger partial charge in [-0.15, -0.1) is 0 Å². The molecule has 0 amide bonds. The number of hydrogen-bond donors (Lipinski definition) is 0. The van der Waals surface area contributed by atoms with Crippen molar-refractivity contribution in [3.8, 4) is 0 Å². The van der Waals surface area contributed by atoms with Crippen LogP contribution in [0.5, 0.6) is 0 Å². The van der Waals surface area contributed by atoms with E-state index in [1.807, 2.05) is 0 Å². The minimum absolute atomic E-state index is 0.605. The molecule has 8 heavy (non-hydrogen) atoms. The van der Waals surface area contributed by atoms with Crippen LogP contribution in [0.25, 0.3) is 0 Å². The van der Waals surface area contributed by atoms with Gasteiger partial charge in [0.25, 0.3) is 0 Å². The van der Waals surface area contributed by atoms with Crippen molar-refractivity contribution in [3.63, 3.8) is 0 Å². The molecule has 0 bridgehead atoms. The maximum Gasteiger partial charge on any atom is 0.0968 e. The van der Waals surface area contributed by atoms with Gasteiger partial charge in [-0.1, -0.05) is 0 Å². The number of rotatable bonds is 0. The highest BCUT2D eigenvalue weighted by molar-refractivity contribution is 4.91. The number of piperidine rings is 1. The quantitative estimate of drug-likeness (QED) is 0.414. The summed E-state index contributed by atoms with van der Waals surface area (Å²) in [5.74, 6) is 0. The topological polar surface area (TPSA) is 15.8 Å². The standard InChI is InChI=1S/C6H11NO/c1-7-3-2-5-6(4-7)8-5/h5-6H,2-4H2,1H3. The first-order chi connectivity index (χ1) is 3.86. The van der Waals surface area contributed by atoms with Crippen LogP contribution in [0.2, 0.25) is 0 Å². The van der Waals surface area contributed by atoms with Crippen molar-refractivity contribution in [3.05, 3.63) is 0 Å². The smallest absolute Gasteiger partial charge is 0.0968 e. The normalized spacial score (nSPS) is 46.1. The molecular weight excluding hydrogens is 102 g/mol. The molecule has 0 aliphatic carbocycles. The lowest BCUT2D eigenvalue weighted by molar-refractivity contribution is 0.296. The Morgan fingerprint density at radius 1 is 1.50 bits per heavy atom. The predicted octanol–water partition coefficient (Wildman–Crippen LogP) is 0.0893. The summed E-state index contributed by atoms with van der Waals surface area (Å²) in [7, 11) is 2.15. The molecule has 46 valence electrons. The van der Waals surface area contributed by atoms with Crippen molar-refractivity contribution >= 4 is 0 Å². The van der Waals surface area contributed by atoms with E-state index in [-0.39, 0.29) is 0 Å². The molecule has 2 heterocycles. The maximum absolute atomic E-state index is 5.31. The monoisotopic (exact) mass is 113 g/mol. The van der Waals surface area contributed by atoms with Gasteiger partial charge in [-0.25, -0.2) is 0 Å². The van der Waals surface area contributed by atoms with Crippen molar-refractivity contribution in [2.24, 2.45) is 0 Å². The molecule has 2 atom stereocenters. The summed E-state index contributed by atoms with van der Waals surface area (Å²) in [5.41, 5.74) is 0. The molecule has 2 heteroatoms. The van der Waals surface area contributed by atoms with Crippen LogP contribution >= 0.6 is 0 Å². The third-order valence-corrected chi connectivity index (χ3v) is 1.97. The van der Waals surface area contributed by atoms with Gasteiger partial charge in [0.15, 0.2) is 0 Å². The first-order valence-corrected chi connectivity index (χ1v) is 3.20. The summed E-state index contributed by atoms with van der Waals surface area (Å²) in [4.78, 5) is 2.33. The van der Waals surface area contributed by atoms with Crippen molar-refractivity contribution in [2.45, 2.75) is 18.6 Å². The molecule has 0 radical (unpaired) electrons. The Morgan fingerprint density at radius 3 is 3.00 bits per heavy atom. The van der Waals surface area contributed by atoms with E-state index >= 15 is 0 Å². The zero-order valence-corrected chi connectivity index (χ0v) is 5.13. The predicted molar refractivity (Wildman–Crippen MR) is 30.8 cm³/mol. The Bertz CT molecular complexity index is 105. The largest absolute Gasteiger partial charge is 0.368 e. The van der Waals surface area contributed by atoms with Crippen LogP contribution in [-0.4, -0.2) is 37.2 Å². The molecule has 0 spiro atoms. The fraction of sp³-hybridized carbons (Fsp3) is 1.00. The van der Waals surface area contributed by atoms with E-state index in [1.54, 1.807) is 0 Å². The van der Waals surface area contributed by atoms with Crippen LogP contribution < -0.4 is 0 Å². The van der Waals surface area contributed by atoms with Crippen LogP contribution in [-0.2, 0) is 4.74 Å². The van der Waals surface area contributed by atoms with Gasteiger partial charge in [-0.05, 0) is 13.5 Å². The molecular formula is C6H11NO. The SMILES string of the molecule is CN1CCC2OC2C1. The summed E-state index contributed by atoms with van der Waals surface area (Å²) in [6, 6.07) is 0. The number of epoxide rings is 1. The summed E-state index contributed by atoms with van der Waals surface area (Å²) in [6.07, 6.45) is 2.50. The average Bonchev–Trinajstić information content (AvgIpc) is 2.43. The average molecular weight is 113 g/mol. The zero-order valence-electron chi connectivity index (χ0n) is 5.13. The summed E-state index contributed by atoms with van der Waals surface area (Å²) in [6.45, 7) is 2.38. The van der Waals surface area contributed by atoms with Crippen molar-refractivity contribution in [2.75, 3.05) is 20.1 Å². The lowest BCUT2D eigenvalue weighted by atomic mass is 10.1. The molecule has 0 saturated carbocycles. The van der Waals surface area contributed by atoms with Crippen LogP contribution in [0.1, 0.15) is 6.42 Å². The highest BCUT2D eigenvalue weighted by Crippen LogP contribution is 2.29. The zero-order chi connectivity index (χ0) is 5.56. The molecule has 0 N–H and O–H groups in total. The fourth-order valence-corrected chi connectivity index (χ4v) is 1.34. The molecule has 2 nitrogen and oxygen atoms in total. The fourth-order valence-electron chi connectivity index (χ4n) is 1.34. The van der Waals surface area contributed by atoms with E-state index in [0.29, 0.717) is 12.2 Å². The second kappa shape index (κ2) is 1.45. The Morgan fingerprint density at radius 2 is 2.38 bits per heavy atom. The lowest BCUT2D eigenvalue weighted by Gasteiger charge is -2.17. The third kappa shape index (κ3) is 0.644. The Labute approximate surface area is 49.4 Å². The molecule has 0 aromatic carbocycles. The number of nitrogens with zero attached hydrogens (tertiary/aromatic N) is 1. The molecule has 2 unspecified atom stereocenters. The Hall–Kier alpha value is -0.0800. The van der Waals surface area contributed by atoms with Gasteiger partial charge in [0.2, 0.25) is 0 Å². The highest BCUT2D eigenvalue weighted by Gasteiger charge is 2.41. The first-order valence-electron chi connectivity index (χ1n) is 3.20. The van der Waals surface area contributed by atoms with Crippen molar-refractivity contribution in [1.29, 1.82) is 0 Å². The van der Waals surface area contributed by atoms with Crippen LogP contribution in [0.3, 0.4) is 0 Å². The third-order valence-electron chi connectivity index (χ3n) is 1.97. The number of likely N-dealkylation sites (tertiary alicyclic amines) is 1. The molecule has 2 rings (SSSR count). The minimum Gasteiger partial charge on any atom is -0.368 e. The molecule has 0 aromatic rings. The van der Waals surface area contributed by atoms with Gasteiger partial charge in [0.1, 0.15) is 0 Å².